The first-order chi connectivity index (χ1) is 12.2. The molecule has 0 aliphatic heterocycles. The van der Waals surface area contributed by atoms with E-state index in [1.807, 2.05) is 24.3 Å². The molecule has 25 heavy (non-hydrogen) atoms. The number of methoxy groups -OCH3 is 1. The van der Waals surface area contributed by atoms with Crippen LogP contribution >= 0.6 is 11.6 Å². The maximum Gasteiger partial charge on any atom is 0.222 e. The molecular formula is C19H16ClN3O2. The minimum Gasteiger partial charge on any atom is -0.497 e. The Balaban J connectivity index is 1.63. The Morgan fingerprint density at radius 3 is 2.24 bits per heavy atom. The first-order valence-corrected chi connectivity index (χ1v) is 8.02. The molecule has 5 nitrogen and oxygen atoms in total. The molecule has 0 spiro atoms. The van der Waals surface area contributed by atoms with Crippen molar-refractivity contribution in [2.24, 2.45) is 0 Å². The van der Waals surface area contributed by atoms with Gasteiger partial charge < -0.3 is 10.1 Å². The van der Waals surface area contributed by atoms with E-state index in [1.54, 1.807) is 31.4 Å². The summed E-state index contributed by atoms with van der Waals surface area (Å²) in [6.07, 6.45) is 3.03. The van der Waals surface area contributed by atoms with Gasteiger partial charge in [-0.2, -0.15) is 0 Å². The molecule has 0 bridgehead atoms. The van der Waals surface area contributed by atoms with Gasteiger partial charge in [-0.1, -0.05) is 23.7 Å². The van der Waals surface area contributed by atoms with E-state index in [9.17, 15) is 4.79 Å². The maximum absolute atomic E-state index is 12.4. The fourth-order valence-electron chi connectivity index (χ4n) is 2.23. The third-order valence-electron chi connectivity index (χ3n) is 3.63. The number of nitrogens with one attached hydrogen (secondary N) is 1. The second kappa shape index (κ2) is 7.77. The predicted octanol–water partition coefficient (Wildman–Crippen LogP) is 3.98. The number of carbonyl (C=O) groups excluding carboxylic acids is 1. The number of halogens is 1. The van der Waals surface area contributed by atoms with Gasteiger partial charge >= 0.3 is 0 Å². The second-order valence-corrected chi connectivity index (χ2v) is 5.77. The summed E-state index contributed by atoms with van der Waals surface area (Å²) in [5.74, 6) is 1.13. The summed E-state index contributed by atoms with van der Waals surface area (Å²) in [4.78, 5) is 20.7. The highest BCUT2D eigenvalue weighted by Crippen LogP contribution is 2.14. The van der Waals surface area contributed by atoms with E-state index in [4.69, 9.17) is 16.3 Å². The highest BCUT2D eigenvalue weighted by molar-refractivity contribution is 6.30. The van der Waals surface area contributed by atoms with Crippen molar-refractivity contribution in [3.05, 3.63) is 82.6 Å². The Morgan fingerprint density at radius 2 is 1.64 bits per heavy atom. The standard InChI is InChI=1S/C19H16ClN3O2/c1-25-17-8-2-13(3-9-17)10-21-19-22-11-15(12-23-19)18(24)14-4-6-16(20)7-5-14/h2-9,11-12H,10H2,1H3,(H,21,22,23). The van der Waals surface area contributed by atoms with Gasteiger partial charge in [-0.3, -0.25) is 4.79 Å². The Morgan fingerprint density at radius 1 is 1.00 bits per heavy atom. The fraction of sp³-hybridized carbons (Fsp3) is 0.105. The maximum atomic E-state index is 12.4. The number of nitrogens with zero attached hydrogens (tertiary/aromatic N) is 2. The van der Waals surface area contributed by atoms with Gasteiger partial charge in [0.05, 0.1) is 12.7 Å². The fourth-order valence-corrected chi connectivity index (χ4v) is 2.36. The summed E-state index contributed by atoms with van der Waals surface area (Å²) >= 11 is 5.83. The van der Waals surface area contributed by atoms with Gasteiger partial charge in [-0.05, 0) is 42.0 Å². The van der Waals surface area contributed by atoms with Crippen LogP contribution in [0.1, 0.15) is 21.5 Å². The summed E-state index contributed by atoms with van der Waals surface area (Å²) in [5.41, 5.74) is 2.05. The monoisotopic (exact) mass is 353 g/mol. The lowest BCUT2D eigenvalue weighted by Gasteiger charge is -2.06. The molecule has 0 amide bonds. The minimum atomic E-state index is -0.140. The zero-order chi connectivity index (χ0) is 17.6. The molecule has 3 rings (SSSR count). The predicted molar refractivity (Wildman–Crippen MR) is 97.2 cm³/mol. The number of rotatable bonds is 6. The number of carbonyl (C=O) groups is 1. The van der Waals surface area contributed by atoms with Crippen molar-refractivity contribution in [1.29, 1.82) is 0 Å². The molecule has 0 saturated heterocycles. The smallest absolute Gasteiger partial charge is 0.222 e. The number of hydrogen-bond acceptors (Lipinski definition) is 5. The van der Waals surface area contributed by atoms with Gasteiger partial charge in [-0.15, -0.1) is 0 Å². The van der Waals surface area contributed by atoms with Gasteiger partial charge in [0.25, 0.3) is 0 Å². The van der Waals surface area contributed by atoms with Crippen molar-refractivity contribution in [3.8, 4) is 5.75 Å². The average Bonchev–Trinajstić information content (AvgIpc) is 2.67. The van der Waals surface area contributed by atoms with E-state index in [0.29, 0.717) is 28.6 Å². The van der Waals surface area contributed by atoms with Crippen LogP contribution in [0.15, 0.2) is 60.9 Å². The van der Waals surface area contributed by atoms with Crippen LogP contribution in [-0.4, -0.2) is 22.9 Å². The Hall–Kier alpha value is -2.92. The summed E-state index contributed by atoms with van der Waals surface area (Å²) in [6.45, 7) is 0.578. The first kappa shape index (κ1) is 16.9. The van der Waals surface area contributed by atoms with Gasteiger partial charge in [0, 0.05) is 29.5 Å². The van der Waals surface area contributed by atoms with E-state index in [1.165, 1.54) is 12.4 Å². The number of hydrogen-bond donors (Lipinski definition) is 1. The molecule has 126 valence electrons. The lowest BCUT2D eigenvalue weighted by molar-refractivity contribution is 0.103. The van der Waals surface area contributed by atoms with Crippen molar-refractivity contribution in [1.82, 2.24) is 9.97 Å². The van der Waals surface area contributed by atoms with Gasteiger partial charge in [0.2, 0.25) is 5.95 Å². The summed E-state index contributed by atoms with van der Waals surface area (Å²) in [7, 11) is 1.63. The molecular weight excluding hydrogens is 338 g/mol. The van der Waals surface area contributed by atoms with Crippen LogP contribution in [-0.2, 0) is 6.54 Å². The summed E-state index contributed by atoms with van der Waals surface area (Å²) in [5, 5.41) is 3.71. The largest absolute Gasteiger partial charge is 0.497 e. The zero-order valence-electron chi connectivity index (χ0n) is 13.6. The second-order valence-electron chi connectivity index (χ2n) is 5.33. The minimum absolute atomic E-state index is 0.140. The van der Waals surface area contributed by atoms with Gasteiger partial charge in [-0.25, -0.2) is 9.97 Å². The molecule has 1 aromatic heterocycles. The number of benzene rings is 2. The molecule has 0 aliphatic rings. The highest BCUT2D eigenvalue weighted by atomic mass is 35.5. The van der Waals surface area contributed by atoms with E-state index >= 15 is 0 Å². The third kappa shape index (κ3) is 4.33. The molecule has 0 fully saturated rings. The third-order valence-corrected chi connectivity index (χ3v) is 3.88. The Labute approximate surface area is 150 Å². The molecule has 1 heterocycles. The van der Waals surface area contributed by atoms with Crippen molar-refractivity contribution < 1.29 is 9.53 Å². The van der Waals surface area contributed by atoms with Crippen molar-refractivity contribution in [2.45, 2.75) is 6.54 Å². The van der Waals surface area contributed by atoms with E-state index in [2.05, 4.69) is 15.3 Å². The number of anilines is 1. The van der Waals surface area contributed by atoms with Crippen LogP contribution in [0, 0.1) is 0 Å². The highest BCUT2D eigenvalue weighted by Gasteiger charge is 2.10. The normalized spacial score (nSPS) is 10.3. The molecule has 0 aliphatic carbocycles. The Kier molecular flexibility index (Phi) is 5.26. The van der Waals surface area contributed by atoms with Crippen LogP contribution in [0.5, 0.6) is 5.75 Å². The molecule has 0 radical (unpaired) electrons. The molecule has 0 unspecified atom stereocenters. The van der Waals surface area contributed by atoms with Crippen molar-refractivity contribution >= 4 is 23.3 Å². The first-order valence-electron chi connectivity index (χ1n) is 7.65. The molecule has 0 saturated carbocycles. The number of ether oxygens (including phenoxy) is 1. The topological polar surface area (TPSA) is 64.1 Å². The van der Waals surface area contributed by atoms with Crippen molar-refractivity contribution in [2.75, 3.05) is 12.4 Å². The summed E-state index contributed by atoms with van der Waals surface area (Å²) < 4.78 is 5.13. The van der Waals surface area contributed by atoms with Crippen molar-refractivity contribution in [3.63, 3.8) is 0 Å². The van der Waals surface area contributed by atoms with Gasteiger partial charge in [0.15, 0.2) is 5.78 Å². The molecule has 3 aromatic rings. The lowest BCUT2D eigenvalue weighted by Crippen LogP contribution is -2.07. The quantitative estimate of drug-likeness (QED) is 0.679. The summed E-state index contributed by atoms with van der Waals surface area (Å²) in [6, 6.07) is 14.4. The molecule has 0 atom stereocenters. The number of aromatic nitrogens is 2. The number of ketones is 1. The van der Waals surface area contributed by atoms with E-state index in [-0.39, 0.29) is 5.78 Å². The molecule has 1 N–H and O–H groups in total. The van der Waals surface area contributed by atoms with Gasteiger partial charge in [0.1, 0.15) is 5.75 Å². The Bertz CT molecular complexity index is 847. The van der Waals surface area contributed by atoms with Crippen LogP contribution in [0.4, 0.5) is 5.95 Å². The molecule has 2 aromatic carbocycles. The average molecular weight is 354 g/mol. The van der Waals surface area contributed by atoms with Crippen LogP contribution in [0.3, 0.4) is 0 Å². The van der Waals surface area contributed by atoms with E-state index in [0.717, 1.165) is 11.3 Å². The SMILES string of the molecule is COc1ccc(CNc2ncc(C(=O)c3ccc(Cl)cc3)cn2)cc1. The lowest BCUT2D eigenvalue weighted by atomic mass is 10.1. The van der Waals surface area contributed by atoms with Crippen LogP contribution in [0.25, 0.3) is 0 Å². The van der Waals surface area contributed by atoms with E-state index < -0.39 is 0 Å². The zero-order valence-corrected chi connectivity index (χ0v) is 14.3. The molecule has 6 heteroatoms. The van der Waals surface area contributed by atoms with Crippen LogP contribution in [0.2, 0.25) is 5.02 Å². The van der Waals surface area contributed by atoms with Crippen LogP contribution < -0.4 is 10.1 Å².